The predicted molar refractivity (Wildman–Crippen MR) is 71.9 cm³/mol. The zero-order valence-electron chi connectivity index (χ0n) is 11.5. The lowest BCUT2D eigenvalue weighted by atomic mass is 9.94. The van der Waals surface area contributed by atoms with Crippen molar-refractivity contribution in [3.63, 3.8) is 0 Å². The van der Waals surface area contributed by atoms with Crippen LogP contribution in [0.4, 0.5) is 0 Å². The van der Waals surface area contributed by atoms with Gasteiger partial charge in [0.25, 0.3) is 0 Å². The molecule has 1 aliphatic carbocycles. The second kappa shape index (κ2) is 5.27. The molecule has 106 valence electrons. The Balaban J connectivity index is 1.45. The average molecular weight is 265 g/mol. The van der Waals surface area contributed by atoms with Crippen molar-refractivity contribution in [2.45, 2.75) is 44.2 Å². The number of rotatable bonds is 5. The number of aliphatic hydroxyl groups is 1. The van der Waals surface area contributed by atoms with Gasteiger partial charge in [0.05, 0.1) is 12.1 Å². The molecule has 0 radical (unpaired) electrons. The number of ether oxygens (including phenoxy) is 1. The van der Waals surface area contributed by atoms with Gasteiger partial charge in [0.15, 0.2) is 0 Å². The van der Waals surface area contributed by atoms with Gasteiger partial charge in [-0.25, -0.2) is 0 Å². The first-order chi connectivity index (χ1) is 9.16. The normalized spacial score (nSPS) is 29.4. The molecular weight excluding hydrogens is 242 g/mol. The number of furan rings is 1. The van der Waals surface area contributed by atoms with Crippen molar-refractivity contribution in [1.82, 2.24) is 5.32 Å². The molecule has 2 atom stereocenters. The van der Waals surface area contributed by atoms with Crippen LogP contribution in [0.2, 0.25) is 0 Å². The molecule has 1 saturated carbocycles. The fourth-order valence-electron chi connectivity index (χ4n) is 2.75. The van der Waals surface area contributed by atoms with Crippen molar-refractivity contribution in [3.05, 3.63) is 23.7 Å². The summed E-state index contributed by atoms with van der Waals surface area (Å²) in [5, 5.41) is 13.6. The van der Waals surface area contributed by atoms with Crippen LogP contribution in [0.3, 0.4) is 0 Å². The minimum Gasteiger partial charge on any atom is -0.464 e. The van der Waals surface area contributed by atoms with Crippen LogP contribution >= 0.6 is 0 Å². The highest BCUT2D eigenvalue weighted by atomic mass is 16.5. The molecule has 0 spiro atoms. The molecule has 19 heavy (non-hydrogen) atoms. The Bertz CT molecular complexity index is 423. The van der Waals surface area contributed by atoms with E-state index < -0.39 is 5.60 Å². The van der Waals surface area contributed by atoms with Crippen LogP contribution in [0.1, 0.15) is 43.6 Å². The number of nitrogens with one attached hydrogen (secondary N) is 1. The Labute approximate surface area is 114 Å². The van der Waals surface area contributed by atoms with Gasteiger partial charge in [0, 0.05) is 38.5 Å². The summed E-state index contributed by atoms with van der Waals surface area (Å²) in [6, 6.07) is 4.13. The van der Waals surface area contributed by atoms with Crippen molar-refractivity contribution < 1.29 is 14.3 Å². The van der Waals surface area contributed by atoms with E-state index in [-0.39, 0.29) is 0 Å². The third-order valence-corrected chi connectivity index (χ3v) is 4.33. The van der Waals surface area contributed by atoms with Gasteiger partial charge in [-0.15, -0.1) is 0 Å². The second-order valence-corrected chi connectivity index (χ2v) is 6.06. The molecule has 2 heterocycles. The first-order valence-electron chi connectivity index (χ1n) is 7.26. The molecule has 0 aromatic carbocycles. The average Bonchev–Trinajstić information content (AvgIpc) is 2.94. The molecule has 3 rings (SSSR count). The molecule has 1 aromatic rings. The molecule has 2 fully saturated rings. The van der Waals surface area contributed by atoms with Crippen LogP contribution in [0.15, 0.2) is 16.5 Å². The summed E-state index contributed by atoms with van der Waals surface area (Å²) in [6.45, 7) is 4.85. The third-order valence-electron chi connectivity index (χ3n) is 4.33. The van der Waals surface area contributed by atoms with E-state index in [1.807, 2.05) is 6.07 Å². The number of hydrogen-bond acceptors (Lipinski definition) is 4. The van der Waals surface area contributed by atoms with E-state index in [9.17, 15) is 5.11 Å². The third kappa shape index (κ3) is 3.19. The Morgan fingerprint density at radius 1 is 1.37 bits per heavy atom. The smallest absolute Gasteiger partial charge is 0.117 e. The summed E-state index contributed by atoms with van der Waals surface area (Å²) >= 11 is 0. The molecule has 1 saturated heterocycles. The van der Waals surface area contributed by atoms with Crippen LogP contribution in [0, 0.1) is 5.92 Å². The Morgan fingerprint density at radius 3 is 2.79 bits per heavy atom. The van der Waals surface area contributed by atoms with Crippen molar-refractivity contribution in [1.29, 1.82) is 0 Å². The molecule has 0 amide bonds. The van der Waals surface area contributed by atoms with Gasteiger partial charge in [0.2, 0.25) is 0 Å². The van der Waals surface area contributed by atoms with E-state index in [2.05, 4.69) is 18.3 Å². The molecule has 2 aliphatic rings. The maximum Gasteiger partial charge on any atom is 0.117 e. The van der Waals surface area contributed by atoms with Crippen LogP contribution < -0.4 is 5.32 Å². The molecule has 1 aromatic heterocycles. The van der Waals surface area contributed by atoms with Gasteiger partial charge in [-0.3, -0.25) is 0 Å². The minimum absolute atomic E-state index is 0.603. The van der Waals surface area contributed by atoms with Gasteiger partial charge < -0.3 is 19.6 Å². The van der Waals surface area contributed by atoms with Gasteiger partial charge in [-0.1, -0.05) is 6.92 Å². The van der Waals surface area contributed by atoms with Crippen LogP contribution in [-0.2, 0) is 11.3 Å². The number of hydrogen-bond donors (Lipinski definition) is 2. The van der Waals surface area contributed by atoms with Crippen LogP contribution in [-0.4, -0.2) is 30.5 Å². The standard InChI is InChI=1S/C15H23NO3/c1-11-8-13(11)14-3-2-12(19-14)9-16-10-15(17)4-6-18-7-5-15/h2-3,11,13,16-17H,4-10H2,1H3. The van der Waals surface area contributed by atoms with E-state index in [1.165, 1.54) is 6.42 Å². The largest absolute Gasteiger partial charge is 0.464 e. The molecule has 2 N–H and O–H groups in total. The fourth-order valence-corrected chi connectivity index (χ4v) is 2.75. The van der Waals surface area contributed by atoms with Gasteiger partial charge in [-0.05, 0) is 24.5 Å². The second-order valence-electron chi connectivity index (χ2n) is 6.06. The molecule has 4 nitrogen and oxygen atoms in total. The van der Waals surface area contributed by atoms with E-state index in [0.29, 0.717) is 45.1 Å². The SMILES string of the molecule is CC1CC1c1ccc(CNCC2(O)CCOCC2)o1. The van der Waals surface area contributed by atoms with Gasteiger partial charge in [-0.2, -0.15) is 0 Å². The first kappa shape index (κ1) is 13.2. The summed E-state index contributed by atoms with van der Waals surface area (Å²) in [6.07, 6.45) is 2.67. The maximum absolute atomic E-state index is 10.3. The van der Waals surface area contributed by atoms with Gasteiger partial charge >= 0.3 is 0 Å². The van der Waals surface area contributed by atoms with Gasteiger partial charge in [0.1, 0.15) is 11.5 Å². The zero-order chi connectivity index (χ0) is 13.3. The highest BCUT2D eigenvalue weighted by Gasteiger charge is 2.36. The Kier molecular flexibility index (Phi) is 3.65. The van der Waals surface area contributed by atoms with Crippen LogP contribution in [0.5, 0.6) is 0 Å². The fraction of sp³-hybridized carbons (Fsp3) is 0.733. The van der Waals surface area contributed by atoms with E-state index in [1.54, 1.807) is 0 Å². The summed E-state index contributed by atoms with van der Waals surface area (Å²) in [4.78, 5) is 0. The lowest BCUT2D eigenvalue weighted by Crippen LogP contribution is -2.44. The first-order valence-corrected chi connectivity index (χ1v) is 7.26. The predicted octanol–water partition coefficient (Wildman–Crippen LogP) is 2.03. The maximum atomic E-state index is 10.3. The lowest BCUT2D eigenvalue weighted by molar-refractivity contribution is -0.0618. The van der Waals surface area contributed by atoms with E-state index in [0.717, 1.165) is 17.4 Å². The Morgan fingerprint density at radius 2 is 2.11 bits per heavy atom. The van der Waals surface area contributed by atoms with Crippen molar-refractivity contribution >= 4 is 0 Å². The highest BCUT2D eigenvalue weighted by molar-refractivity contribution is 5.17. The van der Waals surface area contributed by atoms with Crippen molar-refractivity contribution in [2.75, 3.05) is 19.8 Å². The summed E-state index contributed by atoms with van der Waals surface area (Å²) < 4.78 is 11.1. The molecule has 2 unspecified atom stereocenters. The van der Waals surface area contributed by atoms with E-state index in [4.69, 9.17) is 9.15 Å². The zero-order valence-corrected chi connectivity index (χ0v) is 11.5. The van der Waals surface area contributed by atoms with E-state index >= 15 is 0 Å². The molecule has 0 bridgehead atoms. The lowest BCUT2D eigenvalue weighted by Gasteiger charge is -2.32. The topological polar surface area (TPSA) is 54.6 Å². The molecular formula is C15H23NO3. The Hall–Kier alpha value is -0.840. The van der Waals surface area contributed by atoms with Crippen LogP contribution in [0.25, 0.3) is 0 Å². The summed E-state index contributed by atoms with van der Waals surface area (Å²) in [7, 11) is 0. The quantitative estimate of drug-likeness (QED) is 0.855. The van der Waals surface area contributed by atoms with Crippen molar-refractivity contribution in [3.8, 4) is 0 Å². The summed E-state index contributed by atoms with van der Waals surface area (Å²) in [5.74, 6) is 3.49. The summed E-state index contributed by atoms with van der Waals surface area (Å²) in [5.41, 5.74) is -0.612. The molecule has 1 aliphatic heterocycles. The monoisotopic (exact) mass is 265 g/mol. The molecule has 4 heteroatoms. The van der Waals surface area contributed by atoms with Crippen molar-refractivity contribution in [2.24, 2.45) is 5.92 Å². The highest BCUT2D eigenvalue weighted by Crippen LogP contribution is 2.47. The minimum atomic E-state index is -0.612.